The minimum atomic E-state index is -0.527. The van der Waals surface area contributed by atoms with E-state index in [2.05, 4.69) is 20.0 Å². The van der Waals surface area contributed by atoms with Gasteiger partial charge in [-0.2, -0.15) is 4.98 Å². The topological polar surface area (TPSA) is 90.4 Å². The maximum Gasteiger partial charge on any atom is 0.303 e. The standard InChI is InChI=1S/C15H15N3O4/c1-10(19)22-9-13(20)16-12-8-14(21-2)18-15(17-12)11-6-4-3-5-7-11/h3-8H,9H2,1-2H3,(H,16,17,18,20). The molecule has 2 rings (SSSR count). The second kappa shape index (κ2) is 7.16. The van der Waals surface area contributed by atoms with Crippen molar-refractivity contribution >= 4 is 17.7 Å². The molecule has 1 heterocycles. The Bertz CT molecular complexity index is 674. The first kappa shape index (κ1) is 15.4. The molecule has 0 aliphatic carbocycles. The zero-order valence-electron chi connectivity index (χ0n) is 12.2. The molecule has 1 N–H and O–H groups in total. The number of hydrogen-bond donors (Lipinski definition) is 1. The number of carbonyl (C=O) groups is 2. The van der Waals surface area contributed by atoms with Crippen molar-refractivity contribution in [1.82, 2.24) is 9.97 Å². The molecular weight excluding hydrogens is 286 g/mol. The largest absolute Gasteiger partial charge is 0.481 e. The average Bonchev–Trinajstić information content (AvgIpc) is 2.53. The summed E-state index contributed by atoms with van der Waals surface area (Å²) in [7, 11) is 1.47. The summed E-state index contributed by atoms with van der Waals surface area (Å²) in [5.74, 6) is -0.0161. The Morgan fingerprint density at radius 3 is 2.55 bits per heavy atom. The van der Waals surface area contributed by atoms with Gasteiger partial charge in [0.2, 0.25) is 5.88 Å². The van der Waals surface area contributed by atoms with Crippen molar-refractivity contribution in [3.8, 4) is 17.3 Å². The van der Waals surface area contributed by atoms with Crippen LogP contribution in [0, 0.1) is 0 Å². The number of esters is 1. The van der Waals surface area contributed by atoms with Crippen LogP contribution in [0.25, 0.3) is 11.4 Å². The summed E-state index contributed by atoms with van der Waals surface area (Å²) in [6.07, 6.45) is 0. The molecule has 1 aromatic heterocycles. The summed E-state index contributed by atoms with van der Waals surface area (Å²) in [6.45, 7) is 0.858. The molecule has 7 heteroatoms. The van der Waals surface area contributed by atoms with Crippen molar-refractivity contribution in [2.75, 3.05) is 19.0 Å². The van der Waals surface area contributed by atoms with E-state index in [4.69, 9.17) is 4.74 Å². The first-order valence-electron chi connectivity index (χ1n) is 6.50. The average molecular weight is 301 g/mol. The summed E-state index contributed by atoms with van der Waals surface area (Å²) in [5, 5.41) is 2.53. The van der Waals surface area contributed by atoms with E-state index in [0.717, 1.165) is 5.56 Å². The highest BCUT2D eigenvalue weighted by atomic mass is 16.5. The smallest absolute Gasteiger partial charge is 0.303 e. The summed E-state index contributed by atoms with van der Waals surface area (Å²) in [5.41, 5.74) is 0.789. The lowest BCUT2D eigenvalue weighted by Crippen LogP contribution is -2.20. The van der Waals surface area contributed by atoms with Crippen LogP contribution in [0.3, 0.4) is 0 Å². The summed E-state index contributed by atoms with van der Waals surface area (Å²) >= 11 is 0. The molecule has 0 atom stereocenters. The van der Waals surface area contributed by atoms with Gasteiger partial charge in [0.1, 0.15) is 5.82 Å². The van der Waals surface area contributed by atoms with Crippen molar-refractivity contribution in [3.05, 3.63) is 36.4 Å². The first-order valence-corrected chi connectivity index (χ1v) is 6.50. The third-order valence-electron chi connectivity index (χ3n) is 2.62. The molecule has 1 amide bonds. The van der Waals surface area contributed by atoms with Crippen LogP contribution in [0.5, 0.6) is 5.88 Å². The van der Waals surface area contributed by atoms with Gasteiger partial charge in [-0.1, -0.05) is 30.3 Å². The van der Waals surface area contributed by atoms with Crippen LogP contribution >= 0.6 is 0 Å². The van der Waals surface area contributed by atoms with Crippen LogP contribution in [-0.4, -0.2) is 35.6 Å². The van der Waals surface area contributed by atoms with Gasteiger partial charge in [-0.15, -0.1) is 0 Å². The summed E-state index contributed by atoms with van der Waals surface area (Å²) < 4.78 is 9.73. The van der Waals surface area contributed by atoms with E-state index in [1.807, 2.05) is 30.3 Å². The Hall–Kier alpha value is -2.96. The molecule has 0 saturated carbocycles. The Morgan fingerprint density at radius 2 is 1.91 bits per heavy atom. The number of methoxy groups -OCH3 is 1. The fraction of sp³-hybridized carbons (Fsp3) is 0.200. The molecule has 0 fully saturated rings. The number of carbonyl (C=O) groups excluding carboxylic acids is 2. The van der Waals surface area contributed by atoms with Crippen LogP contribution in [0.1, 0.15) is 6.92 Å². The molecule has 1 aromatic carbocycles. The van der Waals surface area contributed by atoms with Gasteiger partial charge < -0.3 is 14.8 Å². The molecule has 0 saturated heterocycles. The van der Waals surface area contributed by atoms with Gasteiger partial charge in [0.25, 0.3) is 5.91 Å². The molecule has 2 aromatic rings. The van der Waals surface area contributed by atoms with Crippen LogP contribution in [0.15, 0.2) is 36.4 Å². The Kier molecular flexibility index (Phi) is 5.02. The minimum Gasteiger partial charge on any atom is -0.481 e. The second-order valence-corrected chi connectivity index (χ2v) is 4.31. The quantitative estimate of drug-likeness (QED) is 0.845. The minimum absolute atomic E-state index is 0.267. The lowest BCUT2D eigenvalue weighted by Gasteiger charge is -2.08. The number of amides is 1. The lowest BCUT2D eigenvalue weighted by molar-refractivity contribution is -0.144. The van der Waals surface area contributed by atoms with Gasteiger partial charge in [0, 0.05) is 18.6 Å². The molecular formula is C15H15N3O4. The predicted octanol–water partition coefficient (Wildman–Crippen LogP) is 1.65. The van der Waals surface area contributed by atoms with Gasteiger partial charge in [0.05, 0.1) is 7.11 Å². The number of aromatic nitrogens is 2. The zero-order chi connectivity index (χ0) is 15.9. The molecule has 114 valence electrons. The highest BCUT2D eigenvalue weighted by Crippen LogP contribution is 2.21. The number of nitrogens with one attached hydrogen (secondary N) is 1. The van der Waals surface area contributed by atoms with E-state index in [1.165, 1.54) is 20.1 Å². The molecule has 0 aliphatic heterocycles. The summed E-state index contributed by atoms with van der Waals surface area (Å²) in [4.78, 5) is 30.9. The first-order chi connectivity index (χ1) is 10.6. The number of nitrogens with zero attached hydrogens (tertiary/aromatic N) is 2. The number of rotatable bonds is 5. The van der Waals surface area contributed by atoms with Gasteiger partial charge in [0.15, 0.2) is 12.4 Å². The normalized spacial score (nSPS) is 9.91. The van der Waals surface area contributed by atoms with Crippen LogP contribution in [0.4, 0.5) is 5.82 Å². The lowest BCUT2D eigenvalue weighted by atomic mass is 10.2. The molecule has 7 nitrogen and oxygen atoms in total. The van der Waals surface area contributed by atoms with E-state index in [0.29, 0.717) is 11.7 Å². The Labute approximate surface area is 127 Å². The number of hydrogen-bond acceptors (Lipinski definition) is 6. The maximum atomic E-state index is 11.7. The Morgan fingerprint density at radius 1 is 1.18 bits per heavy atom. The molecule has 0 spiro atoms. The van der Waals surface area contributed by atoms with Crippen molar-refractivity contribution in [2.24, 2.45) is 0 Å². The van der Waals surface area contributed by atoms with Gasteiger partial charge in [-0.25, -0.2) is 4.98 Å². The summed E-state index contributed by atoms with van der Waals surface area (Å²) in [6, 6.07) is 10.8. The molecule has 0 aliphatic rings. The molecule has 22 heavy (non-hydrogen) atoms. The number of anilines is 1. The third kappa shape index (κ3) is 4.27. The van der Waals surface area contributed by atoms with Crippen molar-refractivity contribution in [2.45, 2.75) is 6.92 Å². The zero-order valence-corrected chi connectivity index (χ0v) is 12.2. The number of ether oxygens (including phenoxy) is 2. The van der Waals surface area contributed by atoms with Crippen molar-refractivity contribution < 1.29 is 19.1 Å². The monoisotopic (exact) mass is 301 g/mol. The molecule has 0 radical (unpaired) electrons. The fourth-order valence-electron chi connectivity index (χ4n) is 1.66. The van der Waals surface area contributed by atoms with E-state index in [-0.39, 0.29) is 12.4 Å². The molecule has 0 bridgehead atoms. The van der Waals surface area contributed by atoms with E-state index < -0.39 is 11.9 Å². The second-order valence-electron chi connectivity index (χ2n) is 4.31. The predicted molar refractivity (Wildman–Crippen MR) is 79.3 cm³/mol. The maximum absolute atomic E-state index is 11.7. The van der Waals surface area contributed by atoms with Gasteiger partial charge in [-0.05, 0) is 0 Å². The van der Waals surface area contributed by atoms with E-state index >= 15 is 0 Å². The SMILES string of the molecule is COc1cc(NC(=O)COC(C)=O)nc(-c2ccccc2)n1. The van der Waals surface area contributed by atoms with Crippen molar-refractivity contribution in [1.29, 1.82) is 0 Å². The third-order valence-corrected chi connectivity index (χ3v) is 2.62. The fourth-order valence-corrected chi connectivity index (χ4v) is 1.66. The van der Waals surface area contributed by atoms with Gasteiger partial charge in [-0.3, -0.25) is 9.59 Å². The highest BCUT2D eigenvalue weighted by molar-refractivity contribution is 5.92. The van der Waals surface area contributed by atoms with Crippen LogP contribution in [0.2, 0.25) is 0 Å². The van der Waals surface area contributed by atoms with Crippen LogP contribution in [-0.2, 0) is 14.3 Å². The Balaban J connectivity index is 2.21. The van der Waals surface area contributed by atoms with Crippen LogP contribution < -0.4 is 10.1 Å². The van der Waals surface area contributed by atoms with Crippen molar-refractivity contribution in [3.63, 3.8) is 0 Å². The van der Waals surface area contributed by atoms with E-state index in [9.17, 15) is 9.59 Å². The van der Waals surface area contributed by atoms with Gasteiger partial charge >= 0.3 is 5.97 Å². The highest BCUT2D eigenvalue weighted by Gasteiger charge is 2.10. The molecule has 0 unspecified atom stereocenters. The number of benzene rings is 1. The van der Waals surface area contributed by atoms with E-state index in [1.54, 1.807) is 0 Å².